The number of rotatable bonds is 8. The number of esters is 2. The number of carbonyl (C=O) groups excluding carboxylic acids is 3. The summed E-state index contributed by atoms with van der Waals surface area (Å²) in [6.45, 7) is 0. The van der Waals surface area contributed by atoms with E-state index in [4.69, 9.17) is 18.9 Å². The minimum atomic E-state index is -0.735. The van der Waals surface area contributed by atoms with Crippen LogP contribution in [0.15, 0.2) is 72.3 Å². The van der Waals surface area contributed by atoms with Gasteiger partial charge in [-0.1, -0.05) is 18.2 Å². The van der Waals surface area contributed by atoms with Crippen LogP contribution in [0, 0.1) is 11.3 Å². The number of benzene rings is 3. The number of hydrogen-bond donors (Lipinski definition) is 1. The maximum atomic E-state index is 12.8. The van der Waals surface area contributed by atoms with Crippen LogP contribution in [-0.4, -0.2) is 39.2 Å². The number of nitrogens with zero attached hydrogens (tertiary/aromatic N) is 1. The lowest BCUT2D eigenvalue weighted by Gasteiger charge is -2.11. The van der Waals surface area contributed by atoms with E-state index in [0.717, 1.165) is 0 Å². The number of para-hydroxylation sites is 1. The van der Waals surface area contributed by atoms with Crippen molar-refractivity contribution in [3.05, 3.63) is 89.0 Å². The van der Waals surface area contributed by atoms with Crippen LogP contribution in [-0.2, 0) is 9.53 Å². The highest BCUT2D eigenvalue weighted by atomic mass is 16.6. The molecule has 1 amide bonds. The van der Waals surface area contributed by atoms with Crippen LogP contribution in [0.5, 0.6) is 17.2 Å². The second-order valence-electron chi connectivity index (χ2n) is 7.19. The molecule has 0 bridgehead atoms. The largest absolute Gasteiger partial charge is 0.497 e. The highest BCUT2D eigenvalue weighted by Gasteiger charge is 2.17. The van der Waals surface area contributed by atoms with Gasteiger partial charge in [-0.25, -0.2) is 9.59 Å². The number of anilines is 1. The molecule has 0 unspecified atom stereocenters. The third kappa shape index (κ3) is 6.07. The Morgan fingerprint density at radius 3 is 2.22 bits per heavy atom. The van der Waals surface area contributed by atoms with Gasteiger partial charge in [-0.3, -0.25) is 4.79 Å². The number of methoxy groups -OCH3 is 3. The maximum Gasteiger partial charge on any atom is 0.343 e. The summed E-state index contributed by atoms with van der Waals surface area (Å²) in [5, 5.41) is 12.1. The van der Waals surface area contributed by atoms with Crippen LogP contribution in [0.2, 0.25) is 0 Å². The van der Waals surface area contributed by atoms with E-state index >= 15 is 0 Å². The molecule has 36 heavy (non-hydrogen) atoms. The van der Waals surface area contributed by atoms with Gasteiger partial charge in [0.1, 0.15) is 17.4 Å². The van der Waals surface area contributed by atoms with E-state index in [1.54, 1.807) is 48.5 Å². The number of ether oxygens (including phenoxy) is 4. The van der Waals surface area contributed by atoms with Crippen molar-refractivity contribution in [2.45, 2.75) is 0 Å². The average Bonchev–Trinajstić information content (AvgIpc) is 2.91. The van der Waals surface area contributed by atoms with E-state index in [2.05, 4.69) is 5.32 Å². The molecule has 3 rings (SSSR count). The lowest BCUT2D eigenvalue weighted by Crippen LogP contribution is -2.16. The van der Waals surface area contributed by atoms with E-state index in [0.29, 0.717) is 16.9 Å². The number of hydrogen-bond acceptors (Lipinski definition) is 8. The molecule has 0 radical (unpaired) electrons. The van der Waals surface area contributed by atoms with Crippen molar-refractivity contribution in [3.63, 3.8) is 0 Å². The van der Waals surface area contributed by atoms with Gasteiger partial charge < -0.3 is 24.3 Å². The fourth-order valence-electron chi connectivity index (χ4n) is 3.13. The van der Waals surface area contributed by atoms with Crippen molar-refractivity contribution in [1.29, 1.82) is 5.26 Å². The Hall–Kier alpha value is -5.10. The molecule has 9 heteroatoms. The Kier molecular flexibility index (Phi) is 8.40. The van der Waals surface area contributed by atoms with Crippen LogP contribution >= 0.6 is 0 Å². The lowest BCUT2D eigenvalue weighted by atomic mass is 10.1. The van der Waals surface area contributed by atoms with Gasteiger partial charge in [-0.2, -0.15) is 5.26 Å². The van der Waals surface area contributed by atoms with Gasteiger partial charge in [0.2, 0.25) is 0 Å². The first kappa shape index (κ1) is 25.5. The van der Waals surface area contributed by atoms with Crippen molar-refractivity contribution in [1.82, 2.24) is 0 Å². The number of carbonyl (C=O) groups is 3. The van der Waals surface area contributed by atoms with Crippen molar-refractivity contribution in [3.8, 4) is 23.3 Å². The summed E-state index contributed by atoms with van der Waals surface area (Å²) in [5.41, 5.74) is 0.788. The van der Waals surface area contributed by atoms with Crippen LogP contribution in [0.3, 0.4) is 0 Å². The zero-order valence-electron chi connectivity index (χ0n) is 19.7. The van der Waals surface area contributed by atoms with Crippen LogP contribution in [0.25, 0.3) is 6.08 Å². The molecule has 9 nitrogen and oxygen atoms in total. The molecule has 0 heterocycles. The topological polar surface area (TPSA) is 124 Å². The average molecular weight is 486 g/mol. The maximum absolute atomic E-state index is 12.8. The number of amides is 1. The summed E-state index contributed by atoms with van der Waals surface area (Å²) in [6, 6.07) is 19.1. The van der Waals surface area contributed by atoms with Gasteiger partial charge in [0.15, 0.2) is 11.5 Å². The van der Waals surface area contributed by atoms with Gasteiger partial charge in [0.25, 0.3) is 5.91 Å². The fourth-order valence-corrected chi connectivity index (χ4v) is 3.13. The lowest BCUT2D eigenvalue weighted by molar-refractivity contribution is -0.112. The molecule has 1 N–H and O–H groups in total. The monoisotopic (exact) mass is 486 g/mol. The van der Waals surface area contributed by atoms with Gasteiger partial charge >= 0.3 is 11.9 Å². The zero-order valence-corrected chi connectivity index (χ0v) is 19.7. The molecule has 0 aromatic heterocycles. The zero-order chi connectivity index (χ0) is 26.1. The Morgan fingerprint density at radius 2 is 1.58 bits per heavy atom. The second-order valence-corrected chi connectivity index (χ2v) is 7.19. The minimum Gasteiger partial charge on any atom is -0.497 e. The van der Waals surface area contributed by atoms with Crippen molar-refractivity contribution < 1.29 is 33.3 Å². The molecular formula is C27H22N2O7. The molecule has 0 atom stereocenters. The minimum absolute atomic E-state index is 0.0980. The van der Waals surface area contributed by atoms with Crippen LogP contribution in [0.1, 0.15) is 26.3 Å². The quantitative estimate of drug-likeness (QED) is 0.217. The first-order valence-corrected chi connectivity index (χ1v) is 10.5. The number of nitrogens with one attached hydrogen (secondary N) is 1. The van der Waals surface area contributed by atoms with E-state index in [9.17, 15) is 19.6 Å². The third-order valence-electron chi connectivity index (χ3n) is 4.97. The summed E-state index contributed by atoms with van der Waals surface area (Å²) >= 11 is 0. The predicted octanol–water partition coefficient (Wildman–Crippen LogP) is 4.26. The Labute approximate surface area is 207 Å². The molecule has 3 aromatic carbocycles. The Bertz CT molecular complexity index is 1360. The van der Waals surface area contributed by atoms with E-state index in [1.165, 1.54) is 45.6 Å². The smallest absolute Gasteiger partial charge is 0.343 e. The van der Waals surface area contributed by atoms with Crippen molar-refractivity contribution >= 4 is 29.6 Å². The number of nitriles is 1. The van der Waals surface area contributed by atoms with Gasteiger partial charge in [-0.05, 0) is 60.2 Å². The summed E-state index contributed by atoms with van der Waals surface area (Å²) < 4.78 is 20.6. The molecule has 3 aromatic rings. The summed E-state index contributed by atoms with van der Waals surface area (Å²) in [7, 11) is 4.16. The van der Waals surface area contributed by atoms with Crippen LogP contribution in [0.4, 0.5) is 5.69 Å². The van der Waals surface area contributed by atoms with Gasteiger partial charge in [-0.15, -0.1) is 0 Å². The normalized spacial score (nSPS) is 10.6. The van der Waals surface area contributed by atoms with Gasteiger partial charge in [0.05, 0.1) is 38.1 Å². The molecule has 0 spiro atoms. The van der Waals surface area contributed by atoms with E-state index in [1.807, 2.05) is 6.07 Å². The Balaban J connectivity index is 1.85. The molecule has 0 saturated heterocycles. The molecule has 0 saturated carbocycles. The predicted molar refractivity (Wildman–Crippen MR) is 131 cm³/mol. The van der Waals surface area contributed by atoms with Gasteiger partial charge in [0, 0.05) is 0 Å². The highest BCUT2D eigenvalue weighted by molar-refractivity contribution is 6.12. The molecule has 0 aliphatic rings. The van der Waals surface area contributed by atoms with Crippen LogP contribution < -0.4 is 19.5 Å². The summed E-state index contributed by atoms with van der Waals surface area (Å²) in [5.74, 6) is -1.03. The van der Waals surface area contributed by atoms with E-state index in [-0.39, 0.29) is 28.3 Å². The molecular weight excluding hydrogens is 464 g/mol. The first-order valence-electron chi connectivity index (χ1n) is 10.5. The SMILES string of the molecule is COC(=O)c1ccccc1NC(=O)/C(C#N)=C/c1ccc(OC)c(OC(=O)c2ccc(OC)cc2)c1. The second kappa shape index (κ2) is 11.9. The molecule has 0 aliphatic heterocycles. The van der Waals surface area contributed by atoms with E-state index < -0.39 is 17.8 Å². The van der Waals surface area contributed by atoms with Crippen molar-refractivity contribution in [2.75, 3.05) is 26.6 Å². The fraction of sp³-hybridized carbons (Fsp3) is 0.111. The molecule has 182 valence electrons. The summed E-state index contributed by atoms with van der Waals surface area (Å²) in [4.78, 5) is 37.3. The molecule has 0 fully saturated rings. The summed E-state index contributed by atoms with van der Waals surface area (Å²) in [6.07, 6.45) is 1.32. The standard InChI is InChI=1S/C27H22N2O7/c1-33-20-11-9-18(10-12-20)26(31)36-24-15-17(8-13-23(24)34-2)14-19(16-28)25(30)29-22-7-5-4-6-21(22)27(32)35-3/h4-15H,1-3H3,(H,29,30)/b19-14+. The molecule has 0 aliphatic carbocycles. The first-order chi connectivity index (χ1) is 17.4. The van der Waals surface area contributed by atoms with Crippen molar-refractivity contribution in [2.24, 2.45) is 0 Å². The third-order valence-corrected chi connectivity index (χ3v) is 4.97. The highest BCUT2D eigenvalue weighted by Crippen LogP contribution is 2.30. The Morgan fingerprint density at radius 1 is 0.861 bits per heavy atom.